The van der Waals surface area contributed by atoms with Crippen molar-refractivity contribution in [2.24, 2.45) is 0 Å². The van der Waals surface area contributed by atoms with E-state index in [9.17, 15) is 9.90 Å². The molecule has 0 aliphatic carbocycles. The predicted octanol–water partition coefficient (Wildman–Crippen LogP) is 1.56. The molecule has 1 fully saturated rings. The zero-order valence-electron chi connectivity index (χ0n) is 13.0. The van der Waals surface area contributed by atoms with E-state index in [0.717, 1.165) is 38.9 Å². The summed E-state index contributed by atoms with van der Waals surface area (Å²) in [7, 11) is 0. The summed E-state index contributed by atoms with van der Waals surface area (Å²) < 4.78 is 0. The first-order chi connectivity index (χ1) is 10.7. The van der Waals surface area contributed by atoms with Gasteiger partial charge >= 0.3 is 0 Å². The molecule has 22 heavy (non-hydrogen) atoms. The monoisotopic (exact) mass is 303 g/mol. The van der Waals surface area contributed by atoms with Crippen LogP contribution in [0.25, 0.3) is 0 Å². The standard InChI is InChI=1S/C17H25N3O2/c1-2-3-5-16(21)14-19-10-4-11-20(13-12-19)17(22)15-6-8-18-9-7-15/h2,6-9,16,21H,1,3-5,10-14H2. The Bertz CT molecular complexity index is 478. The highest BCUT2D eigenvalue weighted by Crippen LogP contribution is 2.10. The Labute approximate surface area is 132 Å². The number of carbonyl (C=O) groups excluding carboxylic acids is 1. The van der Waals surface area contributed by atoms with Gasteiger partial charge in [-0.1, -0.05) is 6.08 Å². The molecule has 1 atom stereocenters. The third-order valence-corrected chi connectivity index (χ3v) is 3.98. The Morgan fingerprint density at radius 3 is 2.82 bits per heavy atom. The highest BCUT2D eigenvalue weighted by molar-refractivity contribution is 5.94. The van der Waals surface area contributed by atoms with Crippen molar-refractivity contribution >= 4 is 5.91 Å². The van der Waals surface area contributed by atoms with Crippen molar-refractivity contribution < 1.29 is 9.90 Å². The highest BCUT2D eigenvalue weighted by Gasteiger charge is 2.21. The number of aliphatic hydroxyl groups excluding tert-OH is 1. The molecule has 120 valence electrons. The van der Waals surface area contributed by atoms with Gasteiger partial charge in [0.1, 0.15) is 0 Å². The minimum absolute atomic E-state index is 0.0662. The quantitative estimate of drug-likeness (QED) is 0.810. The maximum absolute atomic E-state index is 12.4. The summed E-state index contributed by atoms with van der Waals surface area (Å²) in [4.78, 5) is 20.5. The predicted molar refractivity (Wildman–Crippen MR) is 86.6 cm³/mol. The molecule has 1 aromatic heterocycles. The van der Waals surface area contributed by atoms with E-state index in [1.165, 1.54) is 0 Å². The van der Waals surface area contributed by atoms with Crippen LogP contribution in [0, 0.1) is 0 Å². The van der Waals surface area contributed by atoms with Gasteiger partial charge in [-0.2, -0.15) is 0 Å². The van der Waals surface area contributed by atoms with E-state index >= 15 is 0 Å². The van der Waals surface area contributed by atoms with Gasteiger partial charge in [-0.15, -0.1) is 6.58 Å². The zero-order chi connectivity index (χ0) is 15.8. The molecule has 1 amide bonds. The third kappa shape index (κ3) is 4.93. The van der Waals surface area contributed by atoms with Crippen molar-refractivity contribution in [3.05, 3.63) is 42.7 Å². The van der Waals surface area contributed by atoms with Gasteiger partial charge in [-0.3, -0.25) is 14.7 Å². The van der Waals surface area contributed by atoms with Crippen LogP contribution in [0.2, 0.25) is 0 Å². The molecule has 5 nitrogen and oxygen atoms in total. The Kier molecular flexibility index (Phi) is 6.55. The zero-order valence-corrected chi connectivity index (χ0v) is 13.0. The summed E-state index contributed by atoms with van der Waals surface area (Å²) in [6.45, 7) is 7.55. The van der Waals surface area contributed by atoms with E-state index in [1.807, 2.05) is 11.0 Å². The Morgan fingerprint density at radius 1 is 1.32 bits per heavy atom. The van der Waals surface area contributed by atoms with E-state index in [-0.39, 0.29) is 12.0 Å². The van der Waals surface area contributed by atoms with Crippen LogP contribution in [0.5, 0.6) is 0 Å². The van der Waals surface area contributed by atoms with Gasteiger partial charge in [0.05, 0.1) is 6.10 Å². The van der Waals surface area contributed by atoms with E-state index in [0.29, 0.717) is 18.7 Å². The molecule has 1 saturated heterocycles. The van der Waals surface area contributed by atoms with Crippen LogP contribution in [0.15, 0.2) is 37.2 Å². The number of nitrogens with zero attached hydrogens (tertiary/aromatic N) is 3. The van der Waals surface area contributed by atoms with Gasteiger partial charge in [0.25, 0.3) is 5.91 Å². The highest BCUT2D eigenvalue weighted by atomic mass is 16.3. The molecule has 1 aromatic rings. The third-order valence-electron chi connectivity index (χ3n) is 3.98. The second-order valence-electron chi connectivity index (χ2n) is 5.70. The average Bonchev–Trinajstić information content (AvgIpc) is 2.78. The number of carbonyl (C=O) groups is 1. The fraction of sp³-hybridized carbons (Fsp3) is 0.529. The van der Waals surface area contributed by atoms with Crippen LogP contribution in [0.1, 0.15) is 29.6 Å². The largest absolute Gasteiger partial charge is 0.392 e. The van der Waals surface area contributed by atoms with E-state index < -0.39 is 0 Å². The minimum Gasteiger partial charge on any atom is -0.392 e. The lowest BCUT2D eigenvalue weighted by molar-refractivity contribution is 0.0753. The maximum atomic E-state index is 12.4. The van der Waals surface area contributed by atoms with Crippen LogP contribution >= 0.6 is 0 Å². The minimum atomic E-state index is -0.319. The number of hydrogen-bond donors (Lipinski definition) is 1. The molecule has 1 unspecified atom stereocenters. The smallest absolute Gasteiger partial charge is 0.254 e. The van der Waals surface area contributed by atoms with Crippen LogP contribution in [0.4, 0.5) is 0 Å². The molecule has 0 aromatic carbocycles. The molecule has 2 rings (SSSR count). The summed E-state index contributed by atoms with van der Waals surface area (Å²) in [6, 6.07) is 3.51. The number of amides is 1. The number of aliphatic hydroxyl groups is 1. The summed E-state index contributed by atoms with van der Waals surface area (Å²) in [5, 5.41) is 10.0. The van der Waals surface area contributed by atoms with Gasteiger partial charge in [0.2, 0.25) is 0 Å². The van der Waals surface area contributed by atoms with Crippen molar-refractivity contribution in [2.75, 3.05) is 32.7 Å². The van der Waals surface area contributed by atoms with Crippen LogP contribution in [-0.2, 0) is 0 Å². The summed E-state index contributed by atoms with van der Waals surface area (Å²) in [5.74, 6) is 0.0662. The summed E-state index contributed by atoms with van der Waals surface area (Å²) >= 11 is 0. The van der Waals surface area contributed by atoms with Crippen LogP contribution in [-0.4, -0.2) is 64.6 Å². The number of aromatic nitrogens is 1. The Hall–Kier alpha value is -1.72. The normalized spacial score (nSPS) is 17.8. The molecule has 2 heterocycles. The molecule has 0 bridgehead atoms. The lowest BCUT2D eigenvalue weighted by Gasteiger charge is -2.24. The second kappa shape index (κ2) is 8.66. The van der Waals surface area contributed by atoms with Crippen molar-refractivity contribution in [3.8, 4) is 0 Å². The van der Waals surface area contributed by atoms with Crippen LogP contribution < -0.4 is 0 Å². The molecule has 0 spiro atoms. The van der Waals surface area contributed by atoms with Crippen molar-refractivity contribution in [3.63, 3.8) is 0 Å². The Balaban J connectivity index is 1.84. The lowest BCUT2D eigenvalue weighted by Crippen LogP contribution is -2.37. The first-order valence-corrected chi connectivity index (χ1v) is 7.91. The maximum Gasteiger partial charge on any atom is 0.254 e. The first-order valence-electron chi connectivity index (χ1n) is 7.91. The van der Waals surface area contributed by atoms with E-state index in [2.05, 4.69) is 16.5 Å². The molecule has 1 N–H and O–H groups in total. The molecule has 1 aliphatic heterocycles. The lowest BCUT2D eigenvalue weighted by atomic mass is 10.2. The number of β-amino-alcohol motifs (C(OH)–C–C–N with tert-alkyl or cyclic N) is 1. The molecular formula is C17H25N3O2. The Morgan fingerprint density at radius 2 is 2.09 bits per heavy atom. The molecule has 5 heteroatoms. The number of pyridine rings is 1. The topological polar surface area (TPSA) is 56.7 Å². The molecule has 0 saturated carbocycles. The van der Waals surface area contributed by atoms with E-state index in [1.54, 1.807) is 24.5 Å². The SMILES string of the molecule is C=CCCC(O)CN1CCCN(C(=O)c2ccncc2)CC1. The van der Waals surface area contributed by atoms with E-state index in [4.69, 9.17) is 0 Å². The molecule has 0 radical (unpaired) electrons. The van der Waals surface area contributed by atoms with Crippen molar-refractivity contribution in [1.82, 2.24) is 14.8 Å². The number of allylic oxidation sites excluding steroid dienone is 1. The molecular weight excluding hydrogens is 278 g/mol. The van der Waals surface area contributed by atoms with Gasteiger partial charge < -0.3 is 10.0 Å². The summed E-state index contributed by atoms with van der Waals surface area (Å²) in [5.41, 5.74) is 0.689. The van der Waals surface area contributed by atoms with Crippen molar-refractivity contribution in [1.29, 1.82) is 0 Å². The van der Waals surface area contributed by atoms with Gasteiger partial charge in [-0.25, -0.2) is 0 Å². The van der Waals surface area contributed by atoms with Gasteiger partial charge in [-0.05, 0) is 37.9 Å². The van der Waals surface area contributed by atoms with Gasteiger partial charge in [0, 0.05) is 44.1 Å². The second-order valence-corrected chi connectivity index (χ2v) is 5.70. The summed E-state index contributed by atoms with van der Waals surface area (Å²) in [6.07, 6.45) is 7.33. The molecule has 1 aliphatic rings. The first kappa shape index (κ1) is 16.6. The fourth-order valence-electron chi connectivity index (χ4n) is 2.73. The number of hydrogen-bond acceptors (Lipinski definition) is 4. The fourth-order valence-corrected chi connectivity index (χ4v) is 2.73. The number of rotatable bonds is 6. The average molecular weight is 303 g/mol. The van der Waals surface area contributed by atoms with Crippen molar-refractivity contribution in [2.45, 2.75) is 25.4 Å². The van der Waals surface area contributed by atoms with Gasteiger partial charge in [0.15, 0.2) is 0 Å². The van der Waals surface area contributed by atoms with Crippen LogP contribution in [0.3, 0.4) is 0 Å².